The van der Waals surface area contributed by atoms with E-state index in [-0.39, 0.29) is 6.61 Å². The number of aliphatic hydroxyl groups excluding tert-OH is 1. The molecular weight excluding hydrogens is 252 g/mol. The molecule has 1 saturated heterocycles. The molecule has 1 aliphatic carbocycles. The number of fused-ring (bicyclic) bond motifs is 1. The van der Waals surface area contributed by atoms with Gasteiger partial charge < -0.3 is 14.7 Å². The van der Waals surface area contributed by atoms with Gasteiger partial charge in [-0.1, -0.05) is 12.8 Å². The third kappa shape index (κ3) is 2.42. The largest absolute Gasteiger partial charge is 0.392 e. The Bertz CT molecular complexity index is 488. The first-order chi connectivity index (χ1) is 9.70. The Labute approximate surface area is 120 Å². The molecule has 1 aliphatic heterocycles. The molecule has 0 amide bonds. The van der Waals surface area contributed by atoms with Gasteiger partial charge in [-0.3, -0.25) is 0 Å². The van der Waals surface area contributed by atoms with E-state index < -0.39 is 0 Å². The van der Waals surface area contributed by atoms with Gasteiger partial charge in [-0.15, -0.1) is 0 Å². The minimum atomic E-state index is 0.0587. The van der Waals surface area contributed by atoms with Crippen LogP contribution in [0.3, 0.4) is 0 Å². The number of morpholine rings is 1. The molecule has 1 aromatic rings. The molecule has 1 N–H and O–H groups in total. The highest BCUT2D eigenvalue weighted by atomic mass is 16.5. The minimum Gasteiger partial charge on any atom is -0.392 e. The summed E-state index contributed by atoms with van der Waals surface area (Å²) in [5.41, 5.74) is 3.13. The normalized spacial score (nSPS) is 26.4. The summed E-state index contributed by atoms with van der Waals surface area (Å²) >= 11 is 0. The number of aromatic nitrogens is 1. The van der Waals surface area contributed by atoms with Crippen molar-refractivity contribution in [3.8, 4) is 0 Å². The molecule has 0 aromatic carbocycles. The van der Waals surface area contributed by atoms with Crippen molar-refractivity contribution in [1.82, 2.24) is 4.98 Å². The van der Waals surface area contributed by atoms with Gasteiger partial charge in [0.1, 0.15) is 5.82 Å². The van der Waals surface area contributed by atoms with E-state index in [0.29, 0.717) is 12.1 Å². The second-order valence-electron chi connectivity index (χ2n) is 6.00. The van der Waals surface area contributed by atoms with Gasteiger partial charge in [0.25, 0.3) is 0 Å². The molecule has 0 radical (unpaired) electrons. The summed E-state index contributed by atoms with van der Waals surface area (Å²) < 4.78 is 5.94. The molecule has 0 bridgehead atoms. The molecule has 2 heterocycles. The third-order valence-electron chi connectivity index (χ3n) is 4.62. The first kappa shape index (κ1) is 13.8. The Morgan fingerprint density at radius 2 is 2.15 bits per heavy atom. The average molecular weight is 276 g/mol. The van der Waals surface area contributed by atoms with Crippen molar-refractivity contribution >= 4 is 5.82 Å². The molecule has 3 rings (SSSR count). The Morgan fingerprint density at radius 3 is 2.95 bits per heavy atom. The highest BCUT2D eigenvalue weighted by Gasteiger charge is 2.35. The molecule has 2 unspecified atom stereocenters. The fourth-order valence-corrected chi connectivity index (χ4v) is 3.64. The van der Waals surface area contributed by atoms with Gasteiger partial charge in [0, 0.05) is 17.8 Å². The van der Waals surface area contributed by atoms with Crippen LogP contribution in [0.2, 0.25) is 0 Å². The quantitative estimate of drug-likeness (QED) is 0.900. The molecule has 4 nitrogen and oxygen atoms in total. The zero-order chi connectivity index (χ0) is 14.1. The van der Waals surface area contributed by atoms with Gasteiger partial charge in [-0.2, -0.15) is 0 Å². The number of hydrogen-bond donors (Lipinski definition) is 1. The van der Waals surface area contributed by atoms with E-state index in [1.807, 2.05) is 13.0 Å². The number of anilines is 1. The molecular formula is C16H24N2O2. The predicted octanol–water partition coefficient (Wildman–Crippen LogP) is 2.34. The molecule has 2 fully saturated rings. The van der Waals surface area contributed by atoms with Crippen molar-refractivity contribution in [3.05, 3.63) is 22.9 Å². The zero-order valence-corrected chi connectivity index (χ0v) is 12.4. The summed E-state index contributed by atoms with van der Waals surface area (Å²) in [7, 11) is 0. The summed E-state index contributed by atoms with van der Waals surface area (Å²) in [4.78, 5) is 7.12. The number of nitrogens with zero attached hydrogens (tertiary/aromatic N) is 2. The van der Waals surface area contributed by atoms with Gasteiger partial charge in [0.15, 0.2) is 0 Å². The van der Waals surface area contributed by atoms with Crippen LogP contribution < -0.4 is 4.90 Å². The van der Waals surface area contributed by atoms with Crippen molar-refractivity contribution < 1.29 is 9.84 Å². The molecule has 1 saturated carbocycles. The van der Waals surface area contributed by atoms with Crippen molar-refractivity contribution in [2.24, 2.45) is 0 Å². The van der Waals surface area contributed by atoms with Crippen LogP contribution in [0.25, 0.3) is 0 Å². The van der Waals surface area contributed by atoms with Gasteiger partial charge in [0.05, 0.1) is 25.4 Å². The van der Waals surface area contributed by atoms with E-state index in [1.165, 1.54) is 19.3 Å². The second-order valence-corrected chi connectivity index (χ2v) is 6.00. The van der Waals surface area contributed by atoms with Crippen molar-refractivity contribution in [2.45, 2.75) is 58.3 Å². The van der Waals surface area contributed by atoms with E-state index >= 15 is 0 Å². The summed E-state index contributed by atoms with van der Waals surface area (Å²) in [5, 5.41) is 9.72. The number of hydrogen-bond acceptors (Lipinski definition) is 4. The van der Waals surface area contributed by atoms with E-state index in [1.54, 1.807) is 0 Å². The van der Waals surface area contributed by atoms with Crippen LogP contribution in [0.5, 0.6) is 0 Å². The maximum Gasteiger partial charge on any atom is 0.135 e. The lowest BCUT2D eigenvalue weighted by Crippen LogP contribution is -2.53. The monoisotopic (exact) mass is 276 g/mol. The molecule has 2 aliphatic rings. The van der Waals surface area contributed by atoms with Crippen molar-refractivity contribution in [1.29, 1.82) is 0 Å². The standard InChI is InChI=1S/C16H24N2O2/c1-11-9-12(2)17-16(13(11)10-19)18-7-8-20-15-6-4-3-5-14(15)18/h9,14-15,19H,3-8,10H2,1-2H3. The number of aryl methyl sites for hydroxylation is 2. The van der Waals surface area contributed by atoms with E-state index in [0.717, 1.165) is 42.2 Å². The van der Waals surface area contributed by atoms with E-state index in [4.69, 9.17) is 9.72 Å². The summed E-state index contributed by atoms with van der Waals surface area (Å²) in [6.07, 6.45) is 5.19. The molecule has 4 heteroatoms. The lowest BCUT2D eigenvalue weighted by molar-refractivity contribution is -0.00914. The van der Waals surface area contributed by atoms with Gasteiger partial charge >= 0.3 is 0 Å². The molecule has 0 spiro atoms. The molecule has 1 aromatic heterocycles. The Kier molecular flexibility index (Phi) is 3.94. The van der Waals surface area contributed by atoms with Gasteiger partial charge in [0.2, 0.25) is 0 Å². The van der Waals surface area contributed by atoms with Gasteiger partial charge in [-0.05, 0) is 38.3 Å². The topological polar surface area (TPSA) is 45.6 Å². The third-order valence-corrected chi connectivity index (χ3v) is 4.62. The zero-order valence-electron chi connectivity index (χ0n) is 12.4. The molecule has 2 atom stereocenters. The minimum absolute atomic E-state index is 0.0587. The lowest BCUT2D eigenvalue weighted by atomic mass is 9.89. The summed E-state index contributed by atoms with van der Waals surface area (Å²) in [6.45, 7) is 5.78. The van der Waals surface area contributed by atoms with E-state index in [9.17, 15) is 5.11 Å². The predicted molar refractivity (Wildman–Crippen MR) is 79.0 cm³/mol. The first-order valence-corrected chi connectivity index (χ1v) is 7.67. The summed E-state index contributed by atoms with van der Waals surface area (Å²) in [5.74, 6) is 0.977. The van der Waals surface area contributed by atoms with Crippen LogP contribution in [0.15, 0.2) is 6.07 Å². The Morgan fingerprint density at radius 1 is 1.35 bits per heavy atom. The average Bonchev–Trinajstić information content (AvgIpc) is 2.46. The van der Waals surface area contributed by atoms with Crippen molar-refractivity contribution in [2.75, 3.05) is 18.1 Å². The maximum absolute atomic E-state index is 9.72. The fraction of sp³-hybridized carbons (Fsp3) is 0.688. The number of ether oxygens (including phenoxy) is 1. The number of pyridine rings is 1. The van der Waals surface area contributed by atoms with Crippen LogP contribution in [-0.4, -0.2) is 35.4 Å². The van der Waals surface area contributed by atoms with Crippen LogP contribution in [-0.2, 0) is 11.3 Å². The molecule has 110 valence electrons. The smallest absolute Gasteiger partial charge is 0.135 e. The number of rotatable bonds is 2. The SMILES string of the molecule is Cc1cc(C)c(CO)c(N2CCOC3CCCCC32)n1. The fourth-order valence-electron chi connectivity index (χ4n) is 3.64. The van der Waals surface area contributed by atoms with Gasteiger partial charge in [-0.25, -0.2) is 4.98 Å². The summed E-state index contributed by atoms with van der Waals surface area (Å²) in [6, 6.07) is 2.48. The van der Waals surface area contributed by atoms with Crippen LogP contribution in [0.4, 0.5) is 5.82 Å². The van der Waals surface area contributed by atoms with Crippen LogP contribution in [0.1, 0.15) is 42.5 Å². The number of aliphatic hydroxyl groups is 1. The van der Waals surface area contributed by atoms with E-state index in [2.05, 4.69) is 11.8 Å². The van der Waals surface area contributed by atoms with Crippen molar-refractivity contribution in [3.63, 3.8) is 0 Å². The van der Waals surface area contributed by atoms with Crippen LogP contribution in [0, 0.1) is 13.8 Å². The Hall–Kier alpha value is -1.13. The highest BCUT2D eigenvalue weighted by Crippen LogP contribution is 2.33. The maximum atomic E-state index is 9.72. The van der Waals surface area contributed by atoms with Crippen LogP contribution >= 0.6 is 0 Å². The second kappa shape index (κ2) is 5.70. The lowest BCUT2D eigenvalue weighted by Gasteiger charge is -2.45. The molecule has 20 heavy (non-hydrogen) atoms. The Balaban J connectivity index is 1.98. The highest BCUT2D eigenvalue weighted by molar-refractivity contribution is 5.52. The first-order valence-electron chi connectivity index (χ1n) is 7.67.